The van der Waals surface area contributed by atoms with Crippen LogP contribution in [0.25, 0.3) is 0 Å². The lowest BCUT2D eigenvalue weighted by atomic mass is 10.2. The zero-order valence-corrected chi connectivity index (χ0v) is 11.4. The van der Waals surface area contributed by atoms with Crippen molar-refractivity contribution in [2.75, 3.05) is 0 Å². The molecule has 2 nitrogen and oxygen atoms in total. The summed E-state index contributed by atoms with van der Waals surface area (Å²) in [6.45, 7) is 0.532. The monoisotopic (exact) mass is 311 g/mol. The van der Waals surface area contributed by atoms with Gasteiger partial charge in [0.25, 0.3) is 0 Å². The number of aromatic nitrogens is 1. The molecule has 1 heterocycles. The van der Waals surface area contributed by atoms with Crippen molar-refractivity contribution in [2.24, 2.45) is 0 Å². The standard InChI is InChI=1S/C13H11BrClNO/c14-8-11-7-12(15)1-2-13(11)17-9-10-3-5-16-6-4-10/h1-7H,8-9H2. The highest BCUT2D eigenvalue weighted by Gasteiger charge is 2.03. The first-order valence-corrected chi connectivity index (χ1v) is 6.65. The third-order valence-electron chi connectivity index (χ3n) is 2.31. The fourth-order valence-electron chi connectivity index (χ4n) is 1.43. The molecule has 0 atom stereocenters. The molecule has 1 aromatic carbocycles. The maximum Gasteiger partial charge on any atom is 0.123 e. The van der Waals surface area contributed by atoms with Crippen LogP contribution in [0.15, 0.2) is 42.7 Å². The van der Waals surface area contributed by atoms with Gasteiger partial charge in [0.15, 0.2) is 0 Å². The molecule has 0 saturated heterocycles. The molecule has 1 aromatic heterocycles. The molecule has 0 aliphatic carbocycles. The number of nitrogens with zero attached hydrogens (tertiary/aromatic N) is 1. The van der Waals surface area contributed by atoms with E-state index >= 15 is 0 Å². The fraction of sp³-hybridized carbons (Fsp3) is 0.154. The highest BCUT2D eigenvalue weighted by molar-refractivity contribution is 9.08. The topological polar surface area (TPSA) is 22.1 Å². The van der Waals surface area contributed by atoms with Crippen molar-refractivity contribution in [3.8, 4) is 5.75 Å². The molecular formula is C13H11BrClNO. The number of halogens is 2. The SMILES string of the molecule is Clc1ccc(OCc2ccncc2)c(CBr)c1. The Balaban J connectivity index is 2.09. The Morgan fingerprint density at radius 1 is 1.18 bits per heavy atom. The first-order valence-electron chi connectivity index (χ1n) is 5.15. The van der Waals surface area contributed by atoms with Crippen LogP contribution < -0.4 is 4.74 Å². The average Bonchev–Trinajstić information content (AvgIpc) is 2.38. The lowest BCUT2D eigenvalue weighted by Gasteiger charge is -2.10. The third kappa shape index (κ3) is 3.45. The second kappa shape index (κ2) is 6.03. The van der Waals surface area contributed by atoms with Gasteiger partial charge in [-0.3, -0.25) is 4.98 Å². The van der Waals surface area contributed by atoms with E-state index in [9.17, 15) is 0 Å². The van der Waals surface area contributed by atoms with Crippen LogP contribution in [0.1, 0.15) is 11.1 Å². The van der Waals surface area contributed by atoms with Crippen molar-refractivity contribution in [3.05, 3.63) is 58.9 Å². The molecule has 4 heteroatoms. The van der Waals surface area contributed by atoms with Gasteiger partial charge in [0.2, 0.25) is 0 Å². The van der Waals surface area contributed by atoms with Crippen molar-refractivity contribution >= 4 is 27.5 Å². The molecule has 0 radical (unpaired) electrons. The minimum atomic E-state index is 0.532. The van der Waals surface area contributed by atoms with Crippen LogP contribution >= 0.6 is 27.5 Å². The molecule has 17 heavy (non-hydrogen) atoms. The molecule has 0 spiro atoms. The highest BCUT2D eigenvalue weighted by Crippen LogP contribution is 2.25. The molecule has 0 aliphatic heterocycles. The summed E-state index contributed by atoms with van der Waals surface area (Å²) < 4.78 is 5.75. The second-order valence-corrected chi connectivity index (χ2v) is 4.53. The van der Waals surface area contributed by atoms with Crippen molar-refractivity contribution in [1.82, 2.24) is 4.98 Å². The van der Waals surface area contributed by atoms with Gasteiger partial charge in [-0.1, -0.05) is 27.5 Å². The number of hydrogen-bond donors (Lipinski definition) is 0. The van der Waals surface area contributed by atoms with Crippen LogP contribution in [0.2, 0.25) is 5.02 Å². The van der Waals surface area contributed by atoms with Crippen molar-refractivity contribution in [1.29, 1.82) is 0 Å². The van der Waals surface area contributed by atoms with Gasteiger partial charge < -0.3 is 4.74 Å². The molecule has 0 unspecified atom stereocenters. The van der Waals surface area contributed by atoms with E-state index < -0.39 is 0 Å². The van der Waals surface area contributed by atoms with E-state index in [1.54, 1.807) is 12.4 Å². The second-order valence-electron chi connectivity index (χ2n) is 3.53. The molecule has 0 saturated carbocycles. The van der Waals surface area contributed by atoms with E-state index in [0.29, 0.717) is 6.61 Å². The Bertz CT molecular complexity index is 490. The number of rotatable bonds is 4. The lowest BCUT2D eigenvalue weighted by Crippen LogP contribution is -1.97. The van der Waals surface area contributed by atoms with Crippen molar-refractivity contribution < 1.29 is 4.74 Å². The Morgan fingerprint density at radius 3 is 2.65 bits per heavy atom. The lowest BCUT2D eigenvalue weighted by molar-refractivity contribution is 0.304. The minimum absolute atomic E-state index is 0.532. The van der Waals surface area contributed by atoms with Gasteiger partial charge in [0, 0.05) is 28.3 Å². The summed E-state index contributed by atoms with van der Waals surface area (Å²) >= 11 is 9.35. The molecule has 0 fully saturated rings. The largest absolute Gasteiger partial charge is 0.489 e. The fourth-order valence-corrected chi connectivity index (χ4v) is 2.07. The molecule has 2 aromatic rings. The molecule has 0 amide bonds. The number of alkyl halides is 1. The quantitative estimate of drug-likeness (QED) is 0.789. The summed E-state index contributed by atoms with van der Waals surface area (Å²) in [6.07, 6.45) is 3.51. The summed E-state index contributed by atoms with van der Waals surface area (Å²) in [7, 11) is 0. The van der Waals surface area contributed by atoms with Crippen molar-refractivity contribution in [2.45, 2.75) is 11.9 Å². The van der Waals surface area contributed by atoms with Gasteiger partial charge in [0.1, 0.15) is 12.4 Å². The Hall–Kier alpha value is -1.06. The van der Waals surface area contributed by atoms with Crippen LogP contribution in [0.4, 0.5) is 0 Å². The Labute approximate surface area is 114 Å². The molecule has 2 rings (SSSR count). The number of pyridine rings is 1. The highest BCUT2D eigenvalue weighted by atomic mass is 79.9. The number of benzene rings is 1. The summed E-state index contributed by atoms with van der Waals surface area (Å²) in [5.74, 6) is 0.850. The van der Waals surface area contributed by atoms with Crippen LogP contribution in [0, 0.1) is 0 Å². The first-order chi connectivity index (χ1) is 8.29. The van der Waals surface area contributed by atoms with Gasteiger partial charge in [-0.2, -0.15) is 0 Å². The molecule has 0 N–H and O–H groups in total. The Kier molecular flexibility index (Phi) is 4.40. The van der Waals surface area contributed by atoms with E-state index in [1.165, 1.54) is 0 Å². The van der Waals surface area contributed by atoms with E-state index in [2.05, 4.69) is 20.9 Å². The Morgan fingerprint density at radius 2 is 1.94 bits per heavy atom. The summed E-state index contributed by atoms with van der Waals surface area (Å²) in [5, 5.41) is 1.44. The van der Waals surface area contributed by atoms with Crippen LogP contribution in [-0.4, -0.2) is 4.98 Å². The third-order valence-corrected chi connectivity index (χ3v) is 3.15. The van der Waals surface area contributed by atoms with Crippen LogP contribution in [0.3, 0.4) is 0 Å². The van der Waals surface area contributed by atoms with Crippen LogP contribution in [-0.2, 0) is 11.9 Å². The smallest absolute Gasteiger partial charge is 0.123 e. The van der Waals surface area contributed by atoms with Crippen LogP contribution in [0.5, 0.6) is 5.75 Å². The van der Waals surface area contributed by atoms with E-state index in [1.807, 2.05) is 30.3 Å². The maximum atomic E-state index is 5.93. The zero-order valence-electron chi connectivity index (χ0n) is 9.07. The first kappa shape index (κ1) is 12.4. The summed E-state index contributed by atoms with van der Waals surface area (Å²) in [6, 6.07) is 9.49. The number of ether oxygens (including phenoxy) is 1. The van der Waals surface area contributed by atoms with Gasteiger partial charge in [-0.05, 0) is 35.9 Å². The predicted octanol–water partition coefficient (Wildman–Crippen LogP) is 4.21. The van der Waals surface area contributed by atoms with E-state index in [-0.39, 0.29) is 0 Å². The maximum absolute atomic E-state index is 5.93. The van der Waals surface area contributed by atoms with Crippen molar-refractivity contribution in [3.63, 3.8) is 0 Å². The van der Waals surface area contributed by atoms with Gasteiger partial charge >= 0.3 is 0 Å². The molecule has 0 aliphatic rings. The molecule has 0 bridgehead atoms. The average molecular weight is 313 g/mol. The molecular weight excluding hydrogens is 302 g/mol. The van der Waals surface area contributed by atoms with Gasteiger partial charge in [-0.25, -0.2) is 0 Å². The van der Waals surface area contributed by atoms with Gasteiger partial charge in [0.05, 0.1) is 0 Å². The van der Waals surface area contributed by atoms with E-state index in [0.717, 1.165) is 27.2 Å². The summed E-state index contributed by atoms with van der Waals surface area (Å²) in [5.41, 5.74) is 2.14. The van der Waals surface area contributed by atoms with E-state index in [4.69, 9.17) is 16.3 Å². The molecule has 88 valence electrons. The van der Waals surface area contributed by atoms with Gasteiger partial charge in [-0.15, -0.1) is 0 Å². The minimum Gasteiger partial charge on any atom is -0.489 e. The zero-order chi connectivity index (χ0) is 12.1. The predicted molar refractivity (Wildman–Crippen MR) is 72.7 cm³/mol. The normalized spacial score (nSPS) is 10.2. The number of hydrogen-bond acceptors (Lipinski definition) is 2. The summed E-state index contributed by atoms with van der Waals surface area (Å²) in [4.78, 5) is 3.97.